The molecule has 4 nitrogen and oxygen atoms in total. The lowest BCUT2D eigenvalue weighted by Gasteiger charge is -2.26. The highest BCUT2D eigenvalue weighted by Gasteiger charge is 2.16. The summed E-state index contributed by atoms with van der Waals surface area (Å²) in [4.78, 5) is 12.0. The molecule has 0 saturated carbocycles. The molecular weight excluding hydrogens is 235 g/mol. The first-order chi connectivity index (χ1) is 8.49. The van der Waals surface area contributed by atoms with E-state index in [9.17, 15) is 14.5 Å². The zero-order valence-corrected chi connectivity index (χ0v) is 11.0. The van der Waals surface area contributed by atoms with Gasteiger partial charge in [0.1, 0.15) is 0 Å². The van der Waals surface area contributed by atoms with Crippen LogP contribution in [0, 0.1) is 15.9 Å². The maximum atomic E-state index is 13.5. The average Bonchev–Trinajstić information content (AvgIpc) is 2.34. The standard InChI is InChI=1S/C13H19FN2O2/c1-4-10(3)15(5-2)9-11-6-7-13(16(17)18)12(14)8-11/h6-8,10H,4-5,9H2,1-3H3. The molecule has 5 heteroatoms. The normalized spacial score (nSPS) is 12.7. The topological polar surface area (TPSA) is 46.4 Å². The number of nitrogens with zero attached hydrogens (tertiary/aromatic N) is 2. The summed E-state index contributed by atoms with van der Waals surface area (Å²) in [6.45, 7) is 7.75. The first-order valence-electron chi connectivity index (χ1n) is 6.16. The fraction of sp³-hybridized carbons (Fsp3) is 0.538. The van der Waals surface area contributed by atoms with E-state index in [1.807, 2.05) is 6.92 Å². The number of nitro groups is 1. The molecule has 0 fully saturated rings. The Balaban J connectivity index is 2.85. The van der Waals surface area contributed by atoms with Crippen molar-refractivity contribution in [3.8, 4) is 0 Å². The SMILES string of the molecule is CCC(C)N(CC)Cc1ccc([N+](=O)[O-])c(F)c1. The summed E-state index contributed by atoms with van der Waals surface area (Å²) in [6, 6.07) is 4.51. The van der Waals surface area contributed by atoms with Crippen molar-refractivity contribution in [1.82, 2.24) is 4.90 Å². The summed E-state index contributed by atoms with van der Waals surface area (Å²) in [5.41, 5.74) is 0.297. The molecule has 0 aromatic heterocycles. The van der Waals surface area contributed by atoms with Gasteiger partial charge in [-0.2, -0.15) is 4.39 Å². The molecule has 0 bridgehead atoms. The van der Waals surface area contributed by atoms with E-state index in [-0.39, 0.29) is 0 Å². The highest BCUT2D eigenvalue weighted by atomic mass is 19.1. The Hall–Kier alpha value is -1.49. The first kappa shape index (κ1) is 14.6. The van der Waals surface area contributed by atoms with Gasteiger partial charge in [0.15, 0.2) is 0 Å². The molecule has 0 N–H and O–H groups in total. The van der Waals surface area contributed by atoms with Gasteiger partial charge in [0, 0.05) is 18.7 Å². The summed E-state index contributed by atoms with van der Waals surface area (Å²) >= 11 is 0. The molecule has 0 aliphatic carbocycles. The lowest BCUT2D eigenvalue weighted by Crippen LogP contribution is -2.31. The van der Waals surface area contributed by atoms with E-state index < -0.39 is 16.4 Å². The fourth-order valence-electron chi connectivity index (χ4n) is 1.87. The third-order valence-electron chi connectivity index (χ3n) is 3.21. The van der Waals surface area contributed by atoms with Gasteiger partial charge in [-0.05, 0) is 31.5 Å². The van der Waals surface area contributed by atoms with Crippen molar-refractivity contribution >= 4 is 5.69 Å². The van der Waals surface area contributed by atoms with Crippen LogP contribution in [0.4, 0.5) is 10.1 Å². The molecule has 100 valence electrons. The lowest BCUT2D eigenvalue weighted by atomic mass is 10.1. The molecule has 0 heterocycles. The fourth-order valence-corrected chi connectivity index (χ4v) is 1.87. The van der Waals surface area contributed by atoms with Crippen molar-refractivity contribution in [2.45, 2.75) is 39.8 Å². The predicted molar refractivity (Wildman–Crippen MR) is 68.9 cm³/mol. The molecule has 0 aliphatic heterocycles. The second-order valence-corrected chi connectivity index (χ2v) is 4.36. The molecule has 1 atom stereocenters. The van der Waals surface area contributed by atoms with E-state index in [0.29, 0.717) is 12.6 Å². The van der Waals surface area contributed by atoms with Gasteiger partial charge in [-0.25, -0.2) is 0 Å². The molecule has 0 aliphatic rings. The Morgan fingerprint density at radius 3 is 2.56 bits per heavy atom. The van der Waals surface area contributed by atoms with Crippen LogP contribution in [0.5, 0.6) is 0 Å². The van der Waals surface area contributed by atoms with E-state index in [1.54, 1.807) is 6.07 Å². The van der Waals surface area contributed by atoms with E-state index in [4.69, 9.17) is 0 Å². The molecule has 0 spiro atoms. The van der Waals surface area contributed by atoms with Crippen LogP contribution in [-0.2, 0) is 6.54 Å². The monoisotopic (exact) mass is 254 g/mol. The van der Waals surface area contributed by atoms with Crippen LogP contribution in [0.2, 0.25) is 0 Å². The lowest BCUT2D eigenvalue weighted by molar-refractivity contribution is -0.387. The zero-order chi connectivity index (χ0) is 13.7. The summed E-state index contributed by atoms with van der Waals surface area (Å²) in [7, 11) is 0. The zero-order valence-electron chi connectivity index (χ0n) is 11.0. The predicted octanol–water partition coefficient (Wildman–Crippen LogP) is 3.35. The Kier molecular flexibility index (Phi) is 5.22. The van der Waals surface area contributed by atoms with Gasteiger partial charge in [0.25, 0.3) is 0 Å². The minimum Gasteiger partial charge on any atom is -0.297 e. The molecular formula is C13H19FN2O2. The third kappa shape index (κ3) is 3.50. The Labute approximate surface area is 107 Å². The number of hydrogen-bond acceptors (Lipinski definition) is 3. The van der Waals surface area contributed by atoms with E-state index >= 15 is 0 Å². The largest absolute Gasteiger partial charge is 0.304 e. The van der Waals surface area contributed by atoms with Gasteiger partial charge in [0.2, 0.25) is 5.82 Å². The molecule has 0 radical (unpaired) electrons. The van der Waals surface area contributed by atoms with Crippen molar-refractivity contribution in [3.63, 3.8) is 0 Å². The molecule has 1 rings (SSSR count). The van der Waals surface area contributed by atoms with Gasteiger partial charge >= 0.3 is 5.69 Å². The Morgan fingerprint density at radius 2 is 2.11 bits per heavy atom. The second-order valence-electron chi connectivity index (χ2n) is 4.36. The van der Waals surface area contributed by atoms with Crippen molar-refractivity contribution in [3.05, 3.63) is 39.7 Å². The Bertz CT molecular complexity index is 423. The van der Waals surface area contributed by atoms with E-state index in [2.05, 4.69) is 18.7 Å². The summed E-state index contributed by atoms with van der Waals surface area (Å²) in [5, 5.41) is 10.5. The van der Waals surface area contributed by atoms with Crippen molar-refractivity contribution in [1.29, 1.82) is 0 Å². The van der Waals surface area contributed by atoms with Gasteiger partial charge < -0.3 is 0 Å². The number of benzene rings is 1. The Morgan fingerprint density at radius 1 is 1.44 bits per heavy atom. The summed E-state index contributed by atoms with van der Waals surface area (Å²) in [5.74, 6) is -0.766. The first-order valence-corrected chi connectivity index (χ1v) is 6.16. The molecule has 1 unspecified atom stereocenters. The second kappa shape index (κ2) is 6.44. The summed E-state index contributed by atoms with van der Waals surface area (Å²) < 4.78 is 13.5. The minimum atomic E-state index is -0.766. The van der Waals surface area contributed by atoms with Crippen molar-refractivity contribution < 1.29 is 9.31 Å². The van der Waals surface area contributed by atoms with Crippen LogP contribution < -0.4 is 0 Å². The smallest absolute Gasteiger partial charge is 0.297 e. The third-order valence-corrected chi connectivity index (χ3v) is 3.21. The molecule has 1 aromatic rings. The van der Waals surface area contributed by atoms with Gasteiger partial charge in [-0.3, -0.25) is 15.0 Å². The maximum absolute atomic E-state index is 13.5. The van der Waals surface area contributed by atoms with Crippen LogP contribution in [0.15, 0.2) is 18.2 Å². The van der Waals surface area contributed by atoms with Crippen LogP contribution in [-0.4, -0.2) is 22.4 Å². The highest BCUT2D eigenvalue weighted by molar-refractivity contribution is 5.34. The van der Waals surface area contributed by atoms with Crippen molar-refractivity contribution in [2.24, 2.45) is 0 Å². The average molecular weight is 254 g/mol. The van der Waals surface area contributed by atoms with E-state index in [0.717, 1.165) is 18.5 Å². The summed E-state index contributed by atoms with van der Waals surface area (Å²) in [6.07, 6.45) is 1.02. The number of hydrogen-bond donors (Lipinski definition) is 0. The van der Waals surface area contributed by atoms with Crippen LogP contribution in [0.25, 0.3) is 0 Å². The van der Waals surface area contributed by atoms with Crippen LogP contribution >= 0.6 is 0 Å². The van der Waals surface area contributed by atoms with Gasteiger partial charge in [-0.15, -0.1) is 0 Å². The highest BCUT2D eigenvalue weighted by Crippen LogP contribution is 2.19. The van der Waals surface area contributed by atoms with Gasteiger partial charge in [0.05, 0.1) is 4.92 Å². The number of rotatable bonds is 6. The van der Waals surface area contributed by atoms with E-state index in [1.165, 1.54) is 12.1 Å². The molecule has 18 heavy (non-hydrogen) atoms. The minimum absolute atomic E-state index is 0.410. The number of nitro benzene ring substituents is 1. The molecule has 0 amide bonds. The van der Waals surface area contributed by atoms with Crippen LogP contribution in [0.3, 0.4) is 0 Å². The van der Waals surface area contributed by atoms with Crippen molar-refractivity contribution in [2.75, 3.05) is 6.54 Å². The van der Waals surface area contributed by atoms with Crippen LogP contribution in [0.1, 0.15) is 32.8 Å². The number of halogens is 1. The molecule has 0 saturated heterocycles. The maximum Gasteiger partial charge on any atom is 0.304 e. The quantitative estimate of drug-likeness (QED) is 0.577. The molecule has 1 aromatic carbocycles. The van der Waals surface area contributed by atoms with Gasteiger partial charge in [-0.1, -0.05) is 19.9 Å².